The monoisotopic (exact) mass is 247 g/mol. The molecule has 0 amide bonds. The van der Waals surface area contributed by atoms with E-state index in [-0.39, 0.29) is 5.69 Å². The first-order valence-corrected chi connectivity index (χ1v) is 5.39. The molecule has 0 bridgehead atoms. The maximum absolute atomic E-state index is 10.8. The Bertz CT molecular complexity index is 601. The molecule has 5 heteroatoms. The summed E-state index contributed by atoms with van der Waals surface area (Å²) in [6.07, 6.45) is 0. The van der Waals surface area contributed by atoms with E-state index < -0.39 is 5.97 Å². The van der Waals surface area contributed by atoms with Crippen LogP contribution in [0.15, 0.2) is 22.7 Å². The van der Waals surface area contributed by atoms with Gasteiger partial charge in [0.05, 0.1) is 12.7 Å². The number of aromatic carboxylic acids is 1. The molecule has 0 saturated heterocycles. The third-order valence-corrected chi connectivity index (χ3v) is 2.89. The first kappa shape index (κ1) is 12.2. The predicted octanol–water partition coefficient (Wildman–Crippen LogP) is 2.67. The predicted molar refractivity (Wildman–Crippen MR) is 64.9 cm³/mol. The zero-order valence-corrected chi connectivity index (χ0v) is 10.4. The van der Waals surface area contributed by atoms with E-state index in [0.717, 1.165) is 16.7 Å². The van der Waals surface area contributed by atoms with Crippen molar-refractivity contribution >= 4 is 5.97 Å². The molecule has 0 aliphatic rings. The van der Waals surface area contributed by atoms with Crippen LogP contribution in [0.3, 0.4) is 0 Å². The highest BCUT2D eigenvalue weighted by Gasteiger charge is 2.18. The highest BCUT2D eigenvalue weighted by atomic mass is 16.5. The molecule has 0 unspecified atom stereocenters. The number of carboxylic acid groups (broad SMARTS) is 1. The fraction of sp³-hybridized carbons (Fsp3) is 0.231. The Morgan fingerprint density at radius 1 is 1.39 bits per heavy atom. The standard InChI is InChI=1S/C13H13NO4/c1-7-4-5-10(17-3)12(8(7)2)11-6-9(13(15)16)14-18-11/h4-6H,1-3H3,(H,15,16). The Balaban J connectivity index is 2.61. The Labute approximate surface area is 104 Å². The molecular weight excluding hydrogens is 234 g/mol. The zero-order chi connectivity index (χ0) is 13.3. The van der Waals surface area contributed by atoms with Gasteiger partial charge in [-0.3, -0.25) is 0 Å². The Hall–Kier alpha value is -2.30. The van der Waals surface area contributed by atoms with Crippen molar-refractivity contribution in [1.29, 1.82) is 0 Å². The third kappa shape index (κ3) is 1.95. The van der Waals surface area contributed by atoms with Gasteiger partial charge in [0.15, 0.2) is 11.5 Å². The SMILES string of the molecule is COc1ccc(C)c(C)c1-c1cc(C(=O)O)no1. The van der Waals surface area contributed by atoms with Crippen LogP contribution in [0.25, 0.3) is 11.3 Å². The van der Waals surface area contributed by atoms with E-state index in [1.54, 1.807) is 7.11 Å². The van der Waals surface area contributed by atoms with E-state index in [0.29, 0.717) is 11.5 Å². The molecular formula is C13H13NO4. The molecule has 0 saturated carbocycles. The van der Waals surface area contributed by atoms with Gasteiger partial charge >= 0.3 is 5.97 Å². The number of carboxylic acids is 1. The van der Waals surface area contributed by atoms with E-state index in [2.05, 4.69) is 5.16 Å². The minimum atomic E-state index is -1.12. The first-order chi connectivity index (χ1) is 8.54. The number of ether oxygens (including phenoxy) is 1. The van der Waals surface area contributed by atoms with Crippen LogP contribution in [0.2, 0.25) is 0 Å². The Kier molecular flexibility index (Phi) is 3.06. The van der Waals surface area contributed by atoms with Crippen molar-refractivity contribution < 1.29 is 19.2 Å². The number of benzene rings is 1. The molecule has 1 N–H and O–H groups in total. The summed E-state index contributed by atoms with van der Waals surface area (Å²) in [7, 11) is 1.56. The van der Waals surface area contributed by atoms with Crippen LogP contribution < -0.4 is 4.74 Å². The van der Waals surface area contributed by atoms with E-state index >= 15 is 0 Å². The smallest absolute Gasteiger partial charge is 0.358 e. The molecule has 5 nitrogen and oxygen atoms in total. The summed E-state index contributed by atoms with van der Waals surface area (Å²) in [5.74, 6) is -0.0917. The summed E-state index contributed by atoms with van der Waals surface area (Å²) in [4.78, 5) is 10.8. The van der Waals surface area contributed by atoms with E-state index in [9.17, 15) is 4.79 Å². The molecule has 0 radical (unpaired) electrons. The molecule has 1 aromatic carbocycles. The van der Waals surface area contributed by atoms with Crippen molar-refractivity contribution in [2.45, 2.75) is 13.8 Å². The summed E-state index contributed by atoms with van der Waals surface area (Å²) in [6.45, 7) is 3.89. The fourth-order valence-electron chi connectivity index (χ4n) is 1.76. The van der Waals surface area contributed by atoms with Crippen molar-refractivity contribution in [3.8, 4) is 17.1 Å². The number of hydrogen-bond acceptors (Lipinski definition) is 4. The van der Waals surface area contributed by atoms with E-state index in [1.165, 1.54) is 6.07 Å². The molecule has 0 aliphatic heterocycles. The summed E-state index contributed by atoms with van der Waals surface area (Å²) >= 11 is 0. The lowest BCUT2D eigenvalue weighted by Crippen LogP contribution is -1.95. The second-order valence-corrected chi connectivity index (χ2v) is 3.97. The lowest BCUT2D eigenvalue weighted by atomic mass is 10.00. The van der Waals surface area contributed by atoms with Gasteiger partial charge < -0.3 is 14.4 Å². The number of carbonyl (C=O) groups is 1. The number of aryl methyl sites for hydroxylation is 1. The van der Waals surface area contributed by atoms with Crippen LogP contribution in [0.5, 0.6) is 5.75 Å². The van der Waals surface area contributed by atoms with Crippen LogP contribution in [-0.4, -0.2) is 23.3 Å². The second-order valence-electron chi connectivity index (χ2n) is 3.97. The lowest BCUT2D eigenvalue weighted by Gasteiger charge is -2.10. The molecule has 0 spiro atoms. The molecule has 2 aromatic rings. The van der Waals surface area contributed by atoms with Crippen LogP contribution in [0.4, 0.5) is 0 Å². The minimum absolute atomic E-state index is 0.118. The van der Waals surface area contributed by atoms with Gasteiger partial charge in [-0.15, -0.1) is 0 Å². The van der Waals surface area contributed by atoms with Gasteiger partial charge in [-0.1, -0.05) is 11.2 Å². The molecule has 0 fully saturated rings. The maximum Gasteiger partial charge on any atom is 0.358 e. The van der Waals surface area contributed by atoms with Crippen molar-refractivity contribution in [3.05, 3.63) is 35.0 Å². The fourth-order valence-corrected chi connectivity index (χ4v) is 1.76. The average Bonchev–Trinajstić information content (AvgIpc) is 2.81. The van der Waals surface area contributed by atoms with Gasteiger partial charge in [0.1, 0.15) is 5.75 Å². The van der Waals surface area contributed by atoms with Crippen molar-refractivity contribution in [3.63, 3.8) is 0 Å². The van der Waals surface area contributed by atoms with E-state index in [1.807, 2.05) is 26.0 Å². The third-order valence-electron chi connectivity index (χ3n) is 2.89. The van der Waals surface area contributed by atoms with Crippen molar-refractivity contribution in [2.75, 3.05) is 7.11 Å². The minimum Gasteiger partial charge on any atom is -0.496 e. The molecule has 0 aliphatic carbocycles. The number of aromatic nitrogens is 1. The lowest BCUT2D eigenvalue weighted by molar-refractivity contribution is 0.0686. The highest BCUT2D eigenvalue weighted by Crippen LogP contribution is 2.35. The van der Waals surface area contributed by atoms with Gasteiger partial charge in [-0.05, 0) is 31.0 Å². The second kappa shape index (κ2) is 4.52. The zero-order valence-electron chi connectivity index (χ0n) is 10.4. The average molecular weight is 247 g/mol. The summed E-state index contributed by atoms with van der Waals surface area (Å²) in [5.41, 5.74) is 2.66. The van der Waals surface area contributed by atoms with Gasteiger partial charge in [0, 0.05) is 6.07 Å². The summed E-state index contributed by atoms with van der Waals surface area (Å²) in [6, 6.07) is 5.15. The maximum atomic E-state index is 10.8. The first-order valence-electron chi connectivity index (χ1n) is 5.39. The summed E-state index contributed by atoms with van der Waals surface area (Å²) in [5, 5.41) is 12.3. The van der Waals surface area contributed by atoms with Gasteiger partial charge in [-0.2, -0.15) is 0 Å². The van der Waals surface area contributed by atoms with Gasteiger partial charge in [0.2, 0.25) is 0 Å². The van der Waals surface area contributed by atoms with Crippen LogP contribution in [-0.2, 0) is 0 Å². The Morgan fingerprint density at radius 3 is 2.67 bits per heavy atom. The number of hydrogen-bond donors (Lipinski definition) is 1. The number of nitrogens with zero attached hydrogens (tertiary/aromatic N) is 1. The number of methoxy groups -OCH3 is 1. The Morgan fingerprint density at radius 2 is 2.11 bits per heavy atom. The highest BCUT2D eigenvalue weighted by molar-refractivity contribution is 5.87. The normalized spacial score (nSPS) is 10.4. The van der Waals surface area contributed by atoms with Crippen molar-refractivity contribution in [1.82, 2.24) is 5.16 Å². The quantitative estimate of drug-likeness (QED) is 0.902. The molecule has 0 atom stereocenters. The molecule has 1 heterocycles. The van der Waals surface area contributed by atoms with Crippen molar-refractivity contribution in [2.24, 2.45) is 0 Å². The molecule has 1 aromatic heterocycles. The number of rotatable bonds is 3. The molecule has 2 rings (SSSR count). The largest absolute Gasteiger partial charge is 0.496 e. The van der Waals surface area contributed by atoms with Crippen LogP contribution in [0, 0.1) is 13.8 Å². The topological polar surface area (TPSA) is 72.6 Å². The molecule has 94 valence electrons. The van der Waals surface area contributed by atoms with E-state index in [4.69, 9.17) is 14.4 Å². The van der Waals surface area contributed by atoms with Gasteiger partial charge in [0.25, 0.3) is 0 Å². The van der Waals surface area contributed by atoms with Crippen LogP contribution >= 0.6 is 0 Å². The van der Waals surface area contributed by atoms with Crippen LogP contribution in [0.1, 0.15) is 21.6 Å². The summed E-state index contributed by atoms with van der Waals surface area (Å²) < 4.78 is 10.3. The van der Waals surface area contributed by atoms with Gasteiger partial charge in [-0.25, -0.2) is 4.79 Å². The molecule has 18 heavy (non-hydrogen) atoms.